The van der Waals surface area contributed by atoms with Gasteiger partial charge >= 0.3 is 5.97 Å². The van der Waals surface area contributed by atoms with E-state index in [0.717, 1.165) is 0 Å². The highest BCUT2D eigenvalue weighted by Crippen LogP contribution is 2.29. The lowest BCUT2D eigenvalue weighted by atomic mass is 10.2. The van der Waals surface area contributed by atoms with Crippen LogP contribution in [0.25, 0.3) is 0 Å². The maximum atomic E-state index is 12.6. The summed E-state index contributed by atoms with van der Waals surface area (Å²) in [5.41, 5.74) is 0.298. The molecule has 1 saturated heterocycles. The molecule has 150 valence electrons. The van der Waals surface area contributed by atoms with Gasteiger partial charge in [-0.15, -0.1) is 0 Å². The van der Waals surface area contributed by atoms with Gasteiger partial charge in [0.25, 0.3) is 5.91 Å². The van der Waals surface area contributed by atoms with Crippen molar-refractivity contribution >= 4 is 11.9 Å². The number of hydrogen-bond donors (Lipinski definition) is 0. The first-order valence-corrected chi connectivity index (χ1v) is 9.21. The van der Waals surface area contributed by atoms with Crippen molar-refractivity contribution in [3.8, 4) is 11.5 Å². The van der Waals surface area contributed by atoms with Crippen molar-refractivity contribution in [2.75, 3.05) is 20.2 Å². The van der Waals surface area contributed by atoms with Gasteiger partial charge in [0.15, 0.2) is 17.6 Å². The Bertz CT molecular complexity index is 664. The van der Waals surface area contributed by atoms with Gasteiger partial charge in [-0.05, 0) is 52.8 Å². The Morgan fingerprint density at radius 3 is 2.30 bits per heavy atom. The summed E-state index contributed by atoms with van der Waals surface area (Å²) in [6.45, 7) is 10.2. The molecule has 0 N–H and O–H groups in total. The van der Waals surface area contributed by atoms with Gasteiger partial charge in [-0.25, -0.2) is 4.79 Å². The maximum Gasteiger partial charge on any atom is 0.339 e. The third kappa shape index (κ3) is 5.60. The summed E-state index contributed by atoms with van der Waals surface area (Å²) in [7, 11) is 1.50. The average molecular weight is 379 g/mol. The van der Waals surface area contributed by atoms with Gasteiger partial charge in [0.05, 0.1) is 31.0 Å². The van der Waals surface area contributed by atoms with E-state index in [2.05, 4.69) is 0 Å². The average Bonchev–Trinajstić information content (AvgIpc) is 2.59. The summed E-state index contributed by atoms with van der Waals surface area (Å²) < 4.78 is 21.9. The quantitative estimate of drug-likeness (QED) is 0.708. The van der Waals surface area contributed by atoms with Gasteiger partial charge in [-0.3, -0.25) is 4.79 Å². The van der Waals surface area contributed by atoms with Gasteiger partial charge in [-0.2, -0.15) is 0 Å². The second-order valence-corrected chi connectivity index (χ2v) is 7.08. The summed E-state index contributed by atoms with van der Waals surface area (Å²) in [4.78, 5) is 26.7. The molecular weight excluding hydrogens is 350 g/mol. The fraction of sp³-hybridized carbons (Fsp3) is 0.600. The van der Waals surface area contributed by atoms with Gasteiger partial charge in [0.1, 0.15) is 0 Å². The Morgan fingerprint density at radius 1 is 1.11 bits per heavy atom. The molecule has 0 spiro atoms. The number of carbonyl (C=O) groups excluding carboxylic acids is 2. The largest absolute Gasteiger partial charge is 0.493 e. The molecule has 1 aromatic rings. The van der Waals surface area contributed by atoms with Crippen molar-refractivity contribution in [2.24, 2.45) is 0 Å². The molecule has 0 radical (unpaired) electrons. The first-order valence-electron chi connectivity index (χ1n) is 9.21. The molecule has 1 aromatic carbocycles. The van der Waals surface area contributed by atoms with Crippen molar-refractivity contribution in [3.05, 3.63) is 23.8 Å². The number of amides is 1. The van der Waals surface area contributed by atoms with Crippen LogP contribution >= 0.6 is 0 Å². The second kappa shape index (κ2) is 9.08. The highest BCUT2D eigenvalue weighted by Gasteiger charge is 2.30. The number of morpholine rings is 1. The Hall–Kier alpha value is -2.28. The summed E-state index contributed by atoms with van der Waals surface area (Å²) in [5.74, 6) is 0.175. The summed E-state index contributed by atoms with van der Waals surface area (Å²) in [5, 5.41) is 0. The molecule has 2 rings (SSSR count). The molecule has 0 bridgehead atoms. The van der Waals surface area contributed by atoms with Crippen molar-refractivity contribution < 1.29 is 28.5 Å². The van der Waals surface area contributed by atoms with E-state index >= 15 is 0 Å². The van der Waals surface area contributed by atoms with Gasteiger partial charge < -0.3 is 23.8 Å². The molecule has 1 amide bonds. The first-order chi connectivity index (χ1) is 12.7. The molecule has 3 unspecified atom stereocenters. The molecule has 1 aliphatic rings. The van der Waals surface area contributed by atoms with Crippen LogP contribution in [0.3, 0.4) is 0 Å². The third-order valence-electron chi connectivity index (χ3n) is 4.12. The van der Waals surface area contributed by atoms with Crippen molar-refractivity contribution in [1.82, 2.24) is 4.90 Å². The van der Waals surface area contributed by atoms with Crippen molar-refractivity contribution in [3.63, 3.8) is 0 Å². The van der Waals surface area contributed by atoms with Gasteiger partial charge in [0, 0.05) is 13.1 Å². The summed E-state index contributed by atoms with van der Waals surface area (Å²) in [6.07, 6.45) is -0.989. The van der Waals surface area contributed by atoms with E-state index in [0.29, 0.717) is 30.2 Å². The zero-order valence-corrected chi connectivity index (χ0v) is 16.9. The van der Waals surface area contributed by atoms with Crippen LogP contribution in [0.1, 0.15) is 45.0 Å². The van der Waals surface area contributed by atoms with E-state index in [9.17, 15) is 9.59 Å². The van der Waals surface area contributed by atoms with Gasteiger partial charge in [-0.1, -0.05) is 0 Å². The molecular formula is C20H29NO6. The monoisotopic (exact) mass is 379 g/mol. The zero-order valence-electron chi connectivity index (χ0n) is 16.9. The summed E-state index contributed by atoms with van der Waals surface area (Å²) in [6, 6.07) is 4.81. The maximum absolute atomic E-state index is 12.6. The van der Waals surface area contributed by atoms with Crippen molar-refractivity contribution in [1.29, 1.82) is 0 Å². The Morgan fingerprint density at radius 2 is 1.74 bits per heavy atom. The smallest absolute Gasteiger partial charge is 0.339 e. The number of esters is 1. The number of rotatable bonds is 6. The lowest BCUT2D eigenvalue weighted by Crippen LogP contribution is -2.51. The van der Waals surface area contributed by atoms with E-state index in [1.165, 1.54) is 7.11 Å². The molecule has 7 nitrogen and oxygen atoms in total. The van der Waals surface area contributed by atoms with Gasteiger partial charge in [0.2, 0.25) is 0 Å². The highest BCUT2D eigenvalue weighted by molar-refractivity contribution is 5.92. The predicted molar refractivity (Wildman–Crippen MR) is 100 cm³/mol. The Balaban J connectivity index is 2.04. The van der Waals surface area contributed by atoms with Crippen LogP contribution in [0.2, 0.25) is 0 Å². The Kier molecular flexibility index (Phi) is 7.07. The van der Waals surface area contributed by atoms with Crippen LogP contribution in [0.5, 0.6) is 11.5 Å². The van der Waals surface area contributed by atoms with E-state index < -0.39 is 12.1 Å². The van der Waals surface area contributed by atoms with Crippen LogP contribution in [-0.4, -0.2) is 61.4 Å². The topological polar surface area (TPSA) is 74.3 Å². The predicted octanol–water partition coefficient (Wildman–Crippen LogP) is 2.66. The molecule has 1 aliphatic heterocycles. The fourth-order valence-corrected chi connectivity index (χ4v) is 3.04. The molecule has 7 heteroatoms. The minimum absolute atomic E-state index is 0.0207. The molecule has 1 fully saturated rings. The molecule has 3 atom stereocenters. The first kappa shape index (κ1) is 21.0. The molecule has 0 aromatic heterocycles. The number of carbonyl (C=O) groups is 2. The molecule has 0 aliphatic carbocycles. The van der Waals surface area contributed by atoms with Crippen molar-refractivity contribution in [2.45, 2.75) is 59.0 Å². The second-order valence-electron chi connectivity index (χ2n) is 7.08. The van der Waals surface area contributed by atoms with E-state index in [-0.39, 0.29) is 24.2 Å². The van der Waals surface area contributed by atoms with Crippen LogP contribution in [0.4, 0.5) is 0 Å². The van der Waals surface area contributed by atoms with Crippen LogP contribution in [0.15, 0.2) is 18.2 Å². The van der Waals surface area contributed by atoms with E-state index in [1.807, 2.05) is 27.7 Å². The highest BCUT2D eigenvalue weighted by atomic mass is 16.5. The number of nitrogens with zero attached hydrogens (tertiary/aromatic N) is 1. The number of benzene rings is 1. The minimum Gasteiger partial charge on any atom is -0.493 e. The number of methoxy groups -OCH3 is 1. The van der Waals surface area contributed by atoms with E-state index in [1.54, 1.807) is 30.0 Å². The Labute approximate surface area is 160 Å². The molecule has 1 heterocycles. The molecule has 0 saturated carbocycles. The summed E-state index contributed by atoms with van der Waals surface area (Å²) >= 11 is 0. The standard InChI is InChI=1S/C20H29NO6/c1-12(2)25-17-8-7-16(9-18(17)24-6)20(23)27-15(5)19(22)21-10-13(3)26-14(4)11-21/h7-9,12-15H,10-11H2,1-6H3. The molecule has 27 heavy (non-hydrogen) atoms. The fourth-order valence-electron chi connectivity index (χ4n) is 3.04. The number of ether oxygens (including phenoxy) is 4. The SMILES string of the molecule is COc1cc(C(=O)OC(C)C(=O)N2CC(C)OC(C)C2)ccc1OC(C)C. The third-order valence-corrected chi connectivity index (χ3v) is 4.12. The normalized spacial score (nSPS) is 20.9. The lowest BCUT2D eigenvalue weighted by Gasteiger charge is -2.36. The van der Waals surface area contributed by atoms with Crippen LogP contribution < -0.4 is 9.47 Å². The van der Waals surface area contributed by atoms with Crippen LogP contribution in [-0.2, 0) is 14.3 Å². The zero-order chi connectivity index (χ0) is 20.1. The van der Waals surface area contributed by atoms with E-state index in [4.69, 9.17) is 18.9 Å². The van der Waals surface area contributed by atoms with Crippen LogP contribution in [0, 0.1) is 0 Å². The number of hydrogen-bond acceptors (Lipinski definition) is 6. The minimum atomic E-state index is -0.882. The lowest BCUT2D eigenvalue weighted by molar-refractivity contribution is -0.151.